The Morgan fingerprint density at radius 1 is 0.909 bits per heavy atom. The van der Waals surface area contributed by atoms with Gasteiger partial charge in [0.05, 0.1) is 17.8 Å². The molecule has 190 valence electrons. The van der Waals surface area contributed by atoms with Gasteiger partial charge in [-0.3, -0.25) is 0 Å². The highest BCUT2D eigenvalue weighted by Crippen LogP contribution is 2.75. The Balaban J connectivity index is 1.66. The molecule has 4 fully saturated rings. The molecule has 10 atom stereocenters. The van der Waals surface area contributed by atoms with Crippen molar-refractivity contribution in [1.82, 2.24) is 0 Å². The predicted octanol–water partition coefficient (Wildman–Crippen LogP) is 6.50. The minimum Gasteiger partial charge on any atom is -0.393 e. The van der Waals surface area contributed by atoms with Gasteiger partial charge >= 0.3 is 0 Å². The van der Waals surface area contributed by atoms with Crippen LogP contribution in [0.25, 0.3) is 0 Å². The highest BCUT2D eigenvalue weighted by Gasteiger charge is 2.71. The summed E-state index contributed by atoms with van der Waals surface area (Å²) in [5.74, 6) is 1.31. The lowest BCUT2D eigenvalue weighted by atomic mass is 9.35. The number of rotatable bonds is 4. The molecule has 0 bridgehead atoms. The van der Waals surface area contributed by atoms with Crippen LogP contribution < -0.4 is 0 Å². The standard InChI is InChI=1S/C30H52O3/c1-19(2)10-9-14-30(8,33)20-11-16-29(7)25(20)21(31)18-23-27(5)15-13-24(32)26(3,4)22(27)12-17-28(23,29)6/h10,20-25,31-33H,9,11-18H2,1-8H3/t20-,21+,22-,23+,24-,25-,27-,28+,29+,30-/m0/s1. The van der Waals surface area contributed by atoms with Gasteiger partial charge in [0.2, 0.25) is 0 Å². The largest absolute Gasteiger partial charge is 0.393 e. The van der Waals surface area contributed by atoms with Crippen LogP contribution in [-0.4, -0.2) is 33.1 Å². The number of fused-ring (bicyclic) bond motifs is 5. The SMILES string of the molecule is CC(C)=CCC[C@](C)(O)[C@H]1CC[C@]2(C)[C@@H]1[C@H](O)C[C@@H]1[C@@]3(C)CC[C@H](O)C(C)(C)[C@@H]3CC[C@]12C. The summed E-state index contributed by atoms with van der Waals surface area (Å²) in [5.41, 5.74) is 0.885. The first-order chi connectivity index (χ1) is 15.1. The molecule has 0 saturated heterocycles. The van der Waals surface area contributed by atoms with Crippen LogP contribution in [0.2, 0.25) is 0 Å². The molecule has 0 amide bonds. The number of aliphatic hydroxyl groups is 3. The molecule has 3 nitrogen and oxygen atoms in total. The van der Waals surface area contributed by atoms with Crippen molar-refractivity contribution in [2.45, 2.75) is 131 Å². The van der Waals surface area contributed by atoms with E-state index in [1.165, 1.54) is 18.4 Å². The third-order valence-corrected chi connectivity index (χ3v) is 12.4. The summed E-state index contributed by atoms with van der Waals surface area (Å²) in [6, 6.07) is 0. The van der Waals surface area contributed by atoms with Gasteiger partial charge in [-0.05, 0) is 124 Å². The molecule has 0 aromatic rings. The van der Waals surface area contributed by atoms with Gasteiger partial charge in [-0.15, -0.1) is 0 Å². The van der Waals surface area contributed by atoms with E-state index in [9.17, 15) is 15.3 Å². The van der Waals surface area contributed by atoms with Crippen LogP contribution in [0.3, 0.4) is 0 Å². The van der Waals surface area contributed by atoms with E-state index in [1.54, 1.807) is 0 Å². The molecule has 4 aliphatic rings. The first-order valence-corrected chi connectivity index (χ1v) is 13.8. The zero-order chi connectivity index (χ0) is 24.6. The predicted molar refractivity (Wildman–Crippen MR) is 136 cm³/mol. The molecule has 0 spiro atoms. The molecule has 0 aromatic carbocycles. The third kappa shape index (κ3) is 3.61. The smallest absolute Gasteiger partial charge is 0.0654 e. The van der Waals surface area contributed by atoms with Crippen LogP contribution in [0.1, 0.15) is 113 Å². The van der Waals surface area contributed by atoms with E-state index in [-0.39, 0.29) is 45.7 Å². The van der Waals surface area contributed by atoms with Gasteiger partial charge in [0.1, 0.15) is 0 Å². The topological polar surface area (TPSA) is 60.7 Å². The third-order valence-electron chi connectivity index (χ3n) is 12.4. The van der Waals surface area contributed by atoms with Crippen LogP contribution in [0.4, 0.5) is 0 Å². The average Bonchev–Trinajstić information content (AvgIpc) is 3.08. The molecule has 0 radical (unpaired) electrons. The van der Waals surface area contributed by atoms with Crippen LogP contribution in [0, 0.1) is 45.3 Å². The molecule has 0 heterocycles. The Hall–Kier alpha value is -0.380. The van der Waals surface area contributed by atoms with Crippen LogP contribution in [0.15, 0.2) is 11.6 Å². The first-order valence-electron chi connectivity index (χ1n) is 13.8. The molecule has 3 heteroatoms. The average molecular weight is 461 g/mol. The molecule has 4 rings (SSSR count). The Labute approximate surface area is 203 Å². The monoisotopic (exact) mass is 460 g/mol. The Morgan fingerprint density at radius 2 is 1.55 bits per heavy atom. The van der Waals surface area contributed by atoms with E-state index >= 15 is 0 Å². The first kappa shape index (κ1) is 25.7. The summed E-state index contributed by atoms with van der Waals surface area (Å²) in [5, 5.41) is 34.3. The zero-order valence-corrected chi connectivity index (χ0v) is 22.7. The normalized spacial score (nSPS) is 50.5. The molecular weight excluding hydrogens is 408 g/mol. The number of aliphatic hydroxyl groups excluding tert-OH is 2. The van der Waals surface area contributed by atoms with Crippen molar-refractivity contribution < 1.29 is 15.3 Å². The molecule has 0 aliphatic heterocycles. The number of hydrogen-bond acceptors (Lipinski definition) is 3. The maximum atomic E-state index is 11.8. The van der Waals surface area contributed by atoms with Gasteiger partial charge in [0.15, 0.2) is 0 Å². The van der Waals surface area contributed by atoms with Crippen molar-refractivity contribution in [3.63, 3.8) is 0 Å². The van der Waals surface area contributed by atoms with Gasteiger partial charge in [0.25, 0.3) is 0 Å². The second kappa shape index (κ2) is 8.07. The van der Waals surface area contributed by atoms with Crippen molar-refractivity contribution in [3.05, 3.63) is 11.6 Å². The zero-order valence-electron chi connectivity index (χ0n) is 22.7. The van der Waals surface area contributed by atoms with Crippen molar-refractivity contribution in [2.75, 3.05) is 0 Å². The van der Waals surface area contributed by atoms with Crippen LogP contribution >= 0.6 is 0 Å². The second-order valence-corrected chi connectivity index (χ2v) is 14.5. The molecule has 0 unspecified atom stereocenters. The highest BCUT2D eigenvalue weighted by molar-refractivity contribution is 5.20. The van der Waals surface area contributed by atoms with Crippen LogP contribution in [0.5, 0.6) is 0 Å². The maximum absolute atomic E-state index is 11.8. The van der Waals surface area contributed by atoms with Gasteiger partial charge < -0.3 is 15.3 Å². The van der Waals surface area contributed by atoms with E-state index in [4.69, 9.17) is 0 Å². The van der Waals surface area contributed by atoms with Crippen molar-refractivity contribution in [3.8, 4) is 0 Å². The summed E-state index contributed by atoms with van der Waals surface area (Å²) in [6.45, 7) is 18.3. The van der Waals surface area contributed by atoms with E-state index in [2.05, 4.69) is 54.5 Å². The summed E-state index contributed by atoms with van der Waals surface area (Å²) in [4.78, 5) is 0. The van der Waals surface area contributed by atoms with E-state index in [0.717, 1.165) is 44.9 Å². The van der Waals surface area contributed by atoms with Gasteiger partial charge in [0, 0.05) is 0 Å². The maximum Gasteiger partial charge on any atom is 0.0654 e. The lowest BCUT2D eigenvalue weighted by Gasteiger charge is -2.70. The van der Waals surface area contributed by atoms with Crippen molar-refractivity contribution in [1.29, 1.82) is 0 Å². The second-order valence-electron chi connectivity index (χ2n) is 14.5. The van der Waals surface area contributed by atoms with Gasteiger partial charge in [-0.1, -0.05) is 46.3 Å². The fraction of sp³-hybridized carbons (Fsp3) is 0.933. The summed E-state index contributed by atoms with van der Waals surface area (Å²) in [7, 11) is 0. The summed E-state index contributed by atoms with van der Waals surface area (Å²) < 4.78 is 0. The fourth-order valence-corrected chi connectivity index (χ4v) is 10.3. The van der Waals surface area contributed by atoms with Crippen molar-refractivity contribution in [2.24, 2.45) is 45.3 Å². The Bertz CT molecular complexity index is 779. The quantitative estimate of drug-likeness (QED) is 0.420. The molecule has 3 N–H and O–H groups in total. The minimum absolute atomic E-state index is 0.0503. The molecule has 33 heavy (non-hydrogen) atoms. The molecule has 0 aromatic heterocycles. The molecule has 4 saturated carbocycles. The summed E-state index contributed by atoms with van der Waals surface area (Å²) >= 11 is 0. The van der Waals surface area contributed by atoms with E-state index in [0.29, 0.717) is 11.8 Å². The summed E-state index contributed by atoms with van der Waals surface area (Å²) in [6.07, 6.45) is 10.6. The van der Waals surface area contributed by atoms with E-state index in [1.807, 2.05) is 6.92 Å². The fourth-order valence-electron chi connectivity index (χ4n) is 10.3. The number of allylic oxidation sites excluding steroid dienone is 2. The molecular formula is C30H52O3. The van der Waals surface area contributed by atoms with Crippen LogP contribution in [-0.2, 0) is 0 Å². The Kier molecular flexibility index (Phi) is 6.28. The van der Waals surface area contributed by atoms with Crippen molar-refractivity contribution >= 4 is 0 Å². The van der Waals surface area contributed by atoms with Gasteiger partial charge in [-0.2, -0.15) is 0 Å². The van der Waals surface area contributed by atoms with Gasteiger partial charge in [-0.25, -0.2) is 0 Å². The minimum atomic E-state index is -0.739. The highest BCUT2D eigenvalue weighted by atomic mass is 16.3. The molecule has 4 aliphatic carbocycles. The number of hydrogen-bond donors (Lipinski definition) is 3. The van der Waals surface area contributed by atoms with E-state index < -0.39 is 5.60 Å². The Morgan fingerprint density at radius 3 is 2.18 bits per heavy atom. The lowest BCUT2D eigenvalue weighted by molar-refractivity contribution is -0.246. The lowest BCUT2D eigenvalue weighted by Crippen LogP contribution is -2.66.